The van der Waals surface area contributed by atoms with Gasteiger partial charge in [0.05, 0.1) is 7.11 Å². The lowest BCUT2D eigenvalue weighted by Crippen LogP contribution is -2.35. The van der Waals surface area contributed by atoms with Crippen LogP contribution in [-0.2, 0) is 0 Å². The molecule has 148 valence electrons. The summed E-state index contributed by atoms with van der Waals surface area (Å²) in [7, 11) is 1.58. The molecular formula is C20H17BrN4O3S. The van der Waals surface area contributed by atoms with E-state index >= 15 is 0 Å². The molecule has 1 aromatic heterocycles. The average molecular weight is 473 g/mol. The Labute approximate surface area is 180 Å². The molecule has 0 radical (unpaired) electrons. The summed E-state index contributed by atoms with van der Waals surface area (Å²) < 4.78 is 12.0. The summed E-state index contributed by atoms with van der Waals surface area (Å²) in [6.07, 6.45) is -0.958. The Morgan fingerprint density at radius 2 is 2.03 bits per heavy atom. The van der Waals surface area contributed by atoms with Crippen molar-refractivity contribution in [3.63, 3.8) is 0 Å². The number of fused-ring (bicyclic) bond motifs is 3. The third-order valence-electron chi connectivity index (χ3n) is 4.27. The standard InChI is InChI=1S/C20H17BrN4O3S/c1-3-29-20-23-18-16(24-25-20)14-10-12(21)6-9-15(14)22-19(28-18)17(26)11-4-7-13(27-2)8-5-11/h4-10,19,22H,3H2,1-2H3/t19-/m1/s1. The Hall–Kier alpha value is -2.65. The summed E-state index contributed by atoms with van der Waals surface area (Å²) in [5.74, 6) is 1.52. The van der Waals surface area contributed by atoms with Gasteiger partial charge in [0.25, 0.3) is 0 Å². The van der Waals surface area contributed by atoms with Crippen LogP contribution in [0.15, 0.2) is 52.1 Å². The lowest BCUT2D eigenvalue weighted by atomic mass is 10.1. The van der Waals surface area contributed by atoms with Gasteiger partial charge in [-0.15, -0.1) is 10.2 Å². The zero-order chi connectivity index (χ0) is 20.4. The van der Waals surface area contributed by atoms with E-state index in [1.54, 1.807) is 31.4 Å². The number of ether oxygens (including phenoxy) is 2. The second-order valence-electron chi connectivity index (χ2n) is 6.11. The highest BCUT2D eigenvalue weighted by Crippen LogP contribution is 2.38. The molecule has 3 aromatic rings. The van der Waals surface area contributed by atoms with E-state index in [9.17, 15) is 4.79 Å². The van der Waals surface area contributed by atoms with E-state index in [2.05, 4.69) is 36.4 Å². The summed E-state index contributed by atoms with van der Waals surface area (Å²) in [6.45, 7) is 2.00. The van der Waals surface area contributed by atoms with Crippen LogP contribution >= 0.6 is 27.7 Å². The van der Waals surface area contributed by atoms with Gasteiger partial charge in [-0.1, -0.05) is 34.6 Å². The van der Waals surface area contributed by atoms with Gasteiger partial charge in [-0.2, -0.15) is 4.98 Å². The van der Waals surface area contributed by atoms with Crippen molar-refractivity contribution in [3.8, 4) is 22.9 Å². The van der Waals surface area contributed by atoms with Gasteiger partial charge in [-0.25, -0.2) is 0 Å². The minimum Gasteiger partial charge on any atom is -0.497 e. The predicted molar refractivity (Wildman–Crippen MR) is 115 cm³/mol. The molecule has 0 unspecified atom stereocenters. The molecule has 0 amide bonds. The van der Waals surface area contributed by atoms with Crippen molar-refractivity contribution in [1.29, 1.82) is 0 Å². The smallest absolute Gasteiger partial charge is 0.247 e. The third-order valence-corrected chi connectivity index (χ3v) is 5.49. The largest absolute Gasteiger partial charge is 0.497 e. The number of ketones is 1. The van der Waals surface area contributed by atoms with Gasteiger partial charge in [0.15, 0.2) is 5.69 Å². The Morgan fingerprint density at radius 1 is 1.24 bits per heavy atom. The van der Waals surface area contributed by atoms with Crippen molar-refractivity contribution in [3.05, 3.63) is 52.5 Å². The first-order valence-electron chi connectivity index (χ1n) is 8.88. The number of rotatable bonds is 5. The molecule has 2 aromatic carbocycles. The van der Waals surface area contributed by atoms with E-state index in [0.29, 0.717) is 27.9 Å². The summed E-state index contributed by atoms with van der Waals surface area (Å²) in [4.78, 5) is 17.6. The molecule has 1 atom stereocenters. The quantitative estimate of drug-likeness (QED) is 0.430. The first-order chi connectivity index (χ1) is 14.1. The van der Waals surface area contributed by atoms with Crippen molar-refractivity contribution in [2.75, 3.05) is 18.2 Å². The fraction of sp³-hybridized carbons (Fsp3) is 0.200. The van der Waals surface area contributed by atoms with Crippen molar-refractivity contribution in [1.82, 2.24) is 15.2 Å². The van der Waals surface area contributed by atoms with E-state index in [4.69, 9.17) is 9.47 Å². The van der Waals surface area contributed by atoms with Crippen molar-refractivity contribution >= 4 is 39.2 Å². The van der Waals surface area contributed by atoms with Gasteiger partial charge < -0.3 is 14.8 Å². The number of carbonyl (C=O) groups is 1. The Morgan fingerprint density at radius 3 is 2.76 bits per heavy atom. The highest BCUT2D eigenvalue weighted by atomic mass is 79.9. The number of hydrogen-bond acceptors (Lipinski definition) is 8. The molecule has 29 heavy (non-hydrogen) atoms. The van der Waals surface area contributed by atoms with Crippen LogP contribution in [0.2, 0.25) is 0 Å². The lowest BCUT2D eigenvalue weighted by molar-refractivity contribution is 0.0823. The van der Waals surface area contributed by atoms with Crippen LogP contribution in [0.5, 0.6) is 11.6 Å². The summed E-state index contributed by atoms with van der Waals surface area (Å²) >= 11 is 4.94. The second kappa shape index (κ2) is 8.38. The van der Waals surface area contributed by atoms with Crippen molar-refractivity contribution in [2.24, 2.45) is 0 Å². The van der Waals surface area contributed by atoms with E-state index in [1.807, 2.05) is 25.1 Å². The normalized spacial score (nSPS) is 14.7. The number of Topliss-reactive ketones (excluding diaryl/α,β-unsaturated/α-hetero) is 1. The zero-order valence-electron chi connectivity index (χ0n) is 15.7. The number of halogens is 1. The minimum absolute atomic E-state index is 0.224. The number of benzene rings is 2. The Kier molecular flexibility index (Phi) is 5.68. The van der Waals surface area contributed by atoms with Gasteiger partial charge in [0.1, 0.15) is 5.75 Å². The molecule has 0 saturated heterocycles. The van der Waals surface area contributed by atoms with Crippen LogP contribution in [0, 0.1) is 0 Å². The first-order valence-corrected chi connectivity index (χ1v) is 10.7. The van der Waals surface area contributed by atoms with E-state index in [0.717, 1.165) is 15.8 Å². The average Bonchev–Trinajstić information content (AvgIpc) is 2.90. The minimum atomic E-state index is -0.958. The number of hydrogen-bond donors (Lipinski definition) is 1. The number of carbonyl (C=O) groups excluding carboxylic acids is 1. The molecule has 2 heterocycles. The number of aromatic nitrogens is 3. The van der Waals surface area contributed by atoms with Gasteiger partial charge in [0.2, 0.25) is 23.0 Å². The molecule has 0 spiro atoms. The van der Waals surface area contributed by atoms with Crippen LogP contribution in [0.1, 0.15) is 17.3 Å². The molecule has 1 N–H and O–H groups in total. The highest BCUT2D eigenvalue weighted by molar-refractivity contribution is 9.10. The van der Waals surface area contributed by atoms with E-state index in [-0.39, 0.29) is 11.7 Å². The molecule has 9 heteroatoms. The maximum atomic E-state index is 13.1. The molecular weight excluding hydrogens is 456 g/mol. The van der Waals surface area contributed by atoms with Crippen LogP contribution in [0.4, 0.5) is 5.69 Å². The van der Waals surface area contributed by atoms with Gasteiger partial charge >= 0.3 is 0 Å². The second-order valence-corrected chi connectivity index (χ2v) is 8.25. The molecule has 0 bridgehead atoms. The zero-order valence-corrected chi connectivity index (χ0v) is 18.1. The fourth-order valence-corrected chi connectivity index (χ4v) is 3.75. The number of nitrogens with one attached hydrogen (secondary N) is 1. The Balaban J connectivity index is 1.76. The first kappa shape index (κ1) is 19.7. The number of anilines is 1. The van der Waals surface area contributed by atoms with Crippen LogP contribution in [-0.4, -0.2) is 40.1 Å². The molecule has 7 nitrogen and oxygen atoms in total. The molecule has 1 aliphatic heterocycles. The SMILES string of the molecule is CCSc1nnc2c(n1)O[C@H](C(=O)c1ccc(OC)cc1)Nc1ccc(Br)cc1-2. The molecule has 4 rings (SSSR count). The van der Waals surface area contributed by atoms with Crippen LogP contribution < -0.4 is 14.8 Å². The van der Waals surface area contributed by atoms with Gasteiger partial charge in [-0.3, -0.25) is 4.79 Å². The molecule has 1 aliphatic rings. The lowest BCUT2D eigenvalue weighted by Gasteiger charge is -2.18. The maximum absolute atomic E-state index is 13.1. The maximum Gasteiger partial charge on any atom is 0.247 e. The third kappa shape index (κ3) is 4.06. The van der Waals surface area contributed by atoms with Crippen LogP contribution in [0.3, 0.4) is 0 Å². The molecule has 0 aliphatic carbocycles. The van der Waals surface area contributed by atoms with Crippen molar-refractivity contribution in [2.45, 2.75) is 18.3 Å². The van der Waals surface area contributed by atoms with E-state index in [1.165, 1.54) is 11.8 Å². The summed E-state index contributed by atoms with van der Waals surface area (Å²) in [6, 6.07) is 12.5. The van der Waals surface area contributed by atoms with Gasteiger partial charge in [0, 0.05) is 21.3 Å². The number of nitrogens with zero attached hydrogens (tertiary/aromatic N) is 3. The number of methoxy groups -OCH3 is 1. The predicted octanol–water partition coefficient (Wildman–Crippen LogP) is 4.44. The number of thioether (sulfide) groups is 1. The van der Waals surface area contributed by atoms with E-state index < -0.39 is 6.23 Å². The summed E-state index contributed by atoms with van der Waals surface area (Å²) in [5, 5.41) is 12.2. The summed E-state index contributed by atoms with van der Waals surface area (Å²) in [5.41, 5.74) is 2.45. The fourth-order valence-electron chi connectivity index (χ4n) is 2.89. The molecule has 0 fully saturated rings. The van der Waals surface area contributed by atoms with Crippen molar-refractivity contribution < 1.29 is 14.3 Å². The highest BCUT2D eigenvalue weighted by Gasteiger charge is 2.30. The molecule has 0 saturated carbocycles. The Bertz CT molecular complexity index is 1060. The van der Waals surface area contributed by atoms with Gasteiger partial charge in [-0.05, 0) is 48.2 Å². The monoisotopic (exact) mass is 472 g/mol. The topological polar surface area (TPSA) is 86.2 Å². The van der Waals surface area contributed by atoms with Crippen LogP contribution in [0.25, 0.3) is 11.3 Å².